The smallest absolute Gasteiger partial charge is 0.339 e. The lowest BCUT2D eigenvalue weighted by Gasteiger charge is -2.11. The standard InChI is InChI=1S/C24H19N3O5/c1-31-23(29)17-8-9-18(24(30)32-2)19(12-17)26-22(28)16-10-11-27-14-20(25-21(27)13-16)15-6-4-3-5-7-15/h3-14H,1-2H3,(H,26,28). The molecule has 0 saturated carbocycles. The molecule has 0 unspecified atom stereocenters. The molecular weight excluding hydrogens is 410 g/mol. The number of esters is 2. The molecule has 0 aliphatic rings. The summed E-state index contributed by atoms with van der Waals surface area (Å²) >= 11 is 0. The molecule has 0 saturated heterocycles. The van der Waals surface area contributed by atoms with Crippen molar-refractivity contribution in [2.75, 3.05) is 19.5 Å². The number of methoxy groups -OCH3 is 2. The van der Waals surface area contributed by atoms with Crippen molar-refractivity contribution in [3.8, 4) is 11.3 Å². The lowest BCUT2D eigenvalue weighted by Crippen LogP contribution is -2.16. The molecule has 4 aromatic rings. The third-order valence-corrected chi connectivity index (χ3v) is 4.89. The van der Waals surface area contributed by atoms with Gasteiger partial charge in [-0.25, -0.2) is 14.6 Å². The second-order valence-electron chi connectivity index (χ2n) is 6.87. The first-order chi connectivity index (χ1) is 15.5. The molecule has 160 valence electrons. The Morgan fingerprint density at radius 1 is 0.875 bits per heavy atom. The van der Waals surface area contributed by atoms with Crippen LogP contribution in [0.4, 0.5) is 5.69 Å². The van der Waals surface area contributed by atoms with Crippen molar-refractivity contribution in [3.05, 3.63) is 89.7 Å². The van der Waals surface area contributed by atoms with E-state index in [2.05, 4.69) is 10.3 Å². The van der Waals surface area contributed by atoms with Gasteiger partial charge in [-0.15, -0.1) is 0 Å². The summed E-state index contributed by atoms with van der Waals surface area (Å²) in [6, 6.07) is 17.2. The van der Waals surface area contributed by atoms with E-state index < -0.39 is 17.8 Å². The van der Waals surface area contributed by atoms with Gasteiger partial charge < -0.3 is 19.2 Å². The molecule has 1 amide bonds. The maximum absolute atomic E-state index is 12.9. The molecule has 0 aliphatic heterocycles. The van der Waals surface area contributed by atoms with E-state index in [9.17, 15) is 14.4 Å². The molecule has 0 atom stereocenters. The second kappa shape index (κ2) is 8.73. The van der Waals surface area contributed by atoms with Gasteiger partial charge in [-0.2, -0.15) is 0 Å². The zero-order valence-corrected chi connectivity index (χ0v) is 17.4. The molecule has 2 aromatic heterocycles. The van der Waals surface area contributed by atoms with Crippen LogP contribution in [0, 0.1) is 0 Å². The van der Waals surface area contributed by atoms with Crippen molar-refractivity contribution < 1.29 is 23.9 Å². The van der Waals surface area contributed by atoms with Crippen LogP contribution in [0.15, 0.2) is 73.1 Å². The average molecular weight is 429 g/mol. The van der Waals surface area contributed by atoms with E-state index in [1.165, 1.54) is 32.4 Å². The number of nitrogens with one attached hydrogen (secondary N) is 1. The van der Waals surface area contributed by atoms with Crippen molar-refractivity contribution in [1.82, 2.24) is 9.38 Å². The Hall–Kier alpha value is -4.46. The minimum atomic E-state index is -0.645. The number of amides is 1. The number of rotatable bonds is 5. The molecule has 0 fully saturated rings. The van der Waals surface area contributed by atoms with Crippen LogP contribution < -0.4 is 5.32 Å². The van der Waals surface area contributed by atoms with Gasteiger partial charge >= 0.3 is 11.9 Å². The summed E-state index contributed by atoms with van der Waals surface area (Å²) in [6.07, 6.45) is 3.61. The summed E-state index contributed by atoms with van der Waals surface area (Å²) in [7, 11) is 2.48. The fourth-order valence-corrected chi connectivity index (χ4v) is 3.25. The highest BCUT2D eigenvalue weighted by Gasteiger charge is 2.18. The fourth-order valence-electron chi connectivity index (χ4n) is 3.25. The summed E-state index contributed by atoms with van der Waals surface area (Å²) < 4.78 is 11.3. The number of benzene rings is 2. The predicted octanol–water partition coefficient (Wildman–Crippen LogP) is 3.83. The molecule has 4 rings (SSSR count). The first-order valence-corrected chi connectivity index (χ1v) is 9.66. The molecule has 8 nitrogen and oxygen atoms in total. The number of carbonyl (C=O) groups is 3. The first kappa shape index (κ1) is 20.8. The molecule has 0 bridgehead atoms. The first-order valence-electron chi connectivity index (χ1n) is 9.66. The topological polar surface area (TPSA) is 99.0 Å². The quantitative estimate of drug-likeness (QED) is 0.484. The maximum atomic E-state index is 12.9. The van der Waals surface area contributed by atoms with Gasteiger partial charge in [0.1, 0.15) is 5.65 Å². The Bertz CT molecular complexity index is 1330. The maximum Gasteiger partial charge on any atom is 0.339 e. The van der Waals surface area contributed by atoms with Crippen LogP contribution in [0.2, 0.25) is 0 Å². The predicted molar refractivity (Wildman–Crippen MR) is 118 cm³/mol. The van der Waals surface area contributed by atoms with Crippen molar-refractivity contribution >= 4 is 29.2 Å². The Morgan fingerprint density at radius 2 is 1.62 bits per heavy atom. The highest BCUT2D eigenvalue weighted by Crippen LogP contribution is 2.22. The van der Waals surface area contributed by atoms with Gasteiger partial charge in [-0.3, -0.25) is 4.79 Å². The van der Waals surface area contributed by atoms with E-state index in [1.807, 2.05) is 40.9 Å². The van der Waals surface area contributed by atoms with Gasteiger partial charge in [-0.1, -0.05) is 30.3 Å². The second-order valence-corrected chi connectivity index (χ2v) is 6.87. The number of ether oxygens (including phenoxy) is 2. The van der Waals surface area contributed by atoms with Crippen LogP contribution in [-0.2, 0) is 9.47 Å². The van der Waals surface area contributed by atoms with Gasteiger partial charge in [0.15, 0.2) is 0 Å². The van der Waals surface area contributed by atoms with Gasteiger partial charge in [-0.05, 0) is 30.3 Å². The Morgan fingerprint density at radius 3 is 2.34 bits per heavy atom. The number of anilines is 1. The lowest BCUT2D eigenvalue weighted by atomic mass is 10.1. The van der Waals surface area contributed by atoms with Gasteiger partial charge in [0.25, 0.3) is 5.91 Å². The van der Waals surface area contributed by atoms with E-state index in [0.29, 0.717) is 11.2 Å². The molecule has 0 spiro atoms. The number of imidazole rings is 1. The molecule has 8 heteroatoms. The number of hydrogen-bond donors (Lipinski definition) is 1. The van der Waals surface area contributed by atoms with Crippen molar-refractivity contribution in [2.45, 2.75) is 0 Å². The third-order valence-electron chi connectivity index (χ3n) is 4.89. The van der Waals surface area contributed by atoms with Gasteiger partial charge in [0, 0.05) is 23.5 Å². The van der Waals surface area contributed by atoms with Crippen LogP contribution in [-0.4, -0.2) is 41.5 Å². The Labute approximate surface area is 183 Å². The number of nitrogens with zero attached hydrogens (tertiary/aromatic N) is 2. The van der Waals surface area contributed by atoms with E-state index in [-0.39, 0.29) is 16.8 Å². The van der Waals surface area contributed by atoms with Crippen LogP contribution >= 0.6 is 0 Å². The summed E-state index contributed by atoms with van der Waals surface area (Å²) in [6.45, 7) is 0. The lowest BCUT2D eigenvalue weighted by molar-refractivity contribution is 0.0587. The Kier molecular flexibility index (Phi) is 5.67. The number of fused-ring (bicyclic) bond motifs is 1. The van der Waals surface area contributed by atoms with E-state index in [4.69, 9.17) is 9.47 Å². The molecule has 0 radical (unpaired) electrons. The van der Waals surface area contributed by atoms with Crippen molar-refractivity contribution in [2.24, 2.45) is 0 Å². The average Bonchev–Trinajstić information content (AvgIpc) is 3.27. The Balaban J connectivity index is 1.66. The normalized spacial score (nSPS) is 10.6. The van der Waals surface area contributed by atoms with Crippen LogP contribution in [0.1, 0.15) is 31.1 Å². The SMILES string of the molecule is COC(=O)c1ccc(C(=O)OC)c(NC(=O)c2ccn3cc(-c4ccccc4)nc3c2)c1. The van der Waals surface area contributed by atoms with Crippen molar-refractivity contribution in [1.29, 1.82) is 0 Å². The summed E-state index contributed by atoms with van der Waals surface area (Å²) in [5.41, 5.74) is 3.10. The van der Waals surface area contributed by atoms with E-state index in [0.717, 1.165) is 11.3 Å². The minimum Gasteiger partial charge on any atom is -0.465 e. The highest BCUT2D eigenvalue weighted by atomic mass is 16.5. The molecule has 32 heavy (non-hydrogen) atoms. The van der Waals surface area contributed by atoms with E-state index in [1.54, 1.807) is 18.3 Å². The molecular formula is C24H19N3O5. The molecule has 0 aliphatic carbocycles. The van der Waals surface area contributed by atoms with E-state index >= 15 is 0 Å². The largest absolute Gasteiger partial charge is 0.465 e. The summed E-state index contributed by atoms with van der Waals surface area (Å²) in [5.74, 6) is -1.71. The summed E-state index contributed by atoms with van der Waals surface area (Å²) in [5, 5.41) is 2.68. The summed E-state index contributed by atoms with van der Waals surface area (Å²) in [4.78, 5) is 41.5. The number of aromatic nitrogens is 2. The number of carbonyl (C=O) groups excluding carboxylic acids is 3. The van der Waals surface area contributed by atoms with Crippen LogP contribution in [0.25, 0.3) is 16.9 Å². The third kappa shape index (κ3) is 4.06. The van der Waals surface area contributed by atoms with Crippen LogP contribution in [0.3, 0.4) is 0 Å². The molecule has 2 heterocycles. The minimum absolute atomic E-state index is 0.113. The molecule has 1 N–H and O–H groups in total. The highest BCUT2D eigenvalue weighted by molar-refractivity contribution is 6.09. The van der Waals surface area contributed by atoms with Gasteiger partial charge in [0.05, 0.1) is 36.7 Å². The number of hydrogen-bond acceptors (Lipinski definition) is 6. The molecule has 2 aromatic carbocycles. The van der Waals surface area contributed by atoms with Gasteiger partial charge in [0.2, 0.25) is 0 Å². The monoisotopic (exact) mass is 429 g/mol. The van der Waals surface area contributed by atoms with Crippen LogP contribution in [0.5, 0.6) is 0 Å². The van der Waals surface area contributed by atoms with Crippen molar-refractivity contribution in [3.63, 3.8) is 0 Å². The number of pyridine rings is 1. The zero-order chi connectivity index (χ0) is 22.7. The fraction of sp³-hybridized carbons (Fsp3) is 0.0833. The zero-order valence-electron chi connectivity index (χ0n) is 17.4.